The second-order valence-electron chi connectivity index (χ2n) is 9.64. The molecule has 0 heterocycles. The van der Waals surface area contributed by atoms with Crippen LogP contribution in [0, 0.1) is 0 Å². The van der Waals surface area contributed by atoms with Gasteiger partial charge in [-0.25, -0.2) is 0 Å². The summed E-state index contributed by atoms with van der Waals surface area (Å²) in [6, 6.07) is 13.3. The minimum Gasteiger partial charge on any atom is -0.352 e. The quantitative estimate of drug-likeness (QED) is 0.404. The third-order valence-electron chi connectivity index (χ3n) is 6.78. The first kappa shape index (κ1) is 26.6. The number of carbonyl (C=O) groups is 2. The summed E-state index contributed by atoms with van der Waals surface area (Å²) < 4.78 is 0. The first-order valence-electron chi connectivity index (χ1n) is 12.4. The van der Waals surface area contributed by atoms with Crippen LogP contribution in [0.5, 0.6) is 0 Å². The van der Waals surface area contributed by atoms with Crippen molar-refractivity contribution < 1.29 is 9.59 Å². The molecule has 6 heteroatoms. The number of aryl methyl sites for hydroxylation is 1. The van der Waals surface area contributed by atoms with E-state index < -0.39 is 6.04 Å². The van der Waals surface area contributed by atoms with Gasteiger partial charge in [-0.15, -0.1) is 0 Å². The molecule has 0 radical (unpaired) electrons. The largest absolute Gasteiger partial charge is 0.352 e. The van der Waals surface area contributed by atoms with Crippen molar-refractivity contribution in [3.05, 3.63) is 69.2 Å². The SMILES string of the molecule is CC(C)c1ccc(CCC(=O)N(Cc2c(Cl)cccc2Cl)C(C)C(=O)NC2CCCCC2)cc1. The summed E-state index contributed by atoms with van der Waals surface area (Å²) in [4.78, 5) is 28.2. The zero-order chi connectivity index (χ0) is 24.7. The molecule has 2 aromatic rings. The predicted octanol–water partition coefficient (Wildman–Crippen LogP) is 6.92. The smallest absolute Gasteiger partial charge is 0.242 e. The number of hydrogen-bond donors (Lipinski definition) is 1. The van der Waals surface area contributed by atoms with Crippen LogP contribution in [0.25, 0.3) is 0 Å². The molecule has 2 amide bonds. The van der Waals surface area contributed by atoms with Crippen LogP contribution in [0.4, 0.5) is 0 Å². The fourth-order valence-electron chi connectivity index (χ4n) is 4.47. The maximum Gasteiger partial charge on any atom is 0.242 e. The third-order valence-corrected chi connectivity index (χ3v) is 7.49. The van der Waals surface area contributed by atoms with Gasteiger partial charge in [0.2, 0.25) is 11.8 Å². The van der Waals surface area contributed by atoms with E-state index in [4.69, 9.17) is 23.2 Å². The maximum atomic E-state index is 13.4. The first-order chi connectivity index (χ1) is 16.3. The van der Waals surface area contributed by atoms with Gasteiger partial charge >= 0.3 is 0 Å². The summed E-state index contributed by atoms with van der Waals surface area (Å²) in [6.07, 6.45) is 6.39. The number of nitrogens with zero attached hydrogens (tertiary/aromatic N) is 1. The van der Waals surface area contributed by atoms with Crippen molar-refractivity contribution in [3.63, 3.8) is 0 Å². The Labute approximate surface area is 214 Å². The molecule has 1 atom stereocenters. The van der Waals surface area contributed by atoms with E-state index in [-0.39, 0.29) is 24.4 Å². The molecule has 0 aromatic heterocycles. The summed E-state index contributed by atoms with van der Waals surface area (Å²) >= 11 is 12.8. The predicted molar refractivity (Wildman–Crippen MR) is 140 cm³/mol. The van der Waals surface area contributed by atoms with E-state index in [0.717, 1.165) is 31.2 Å². The Balaban J connectivity index is 1.74. The van der Waals surface area contributed by atoms with Crippen molar-refractivity contribution in [3.8, 4) is 0 Å². The van der Waals surface area contributed by atoms with Gasteiger partial charge in [0.05, 0.1) is 0 Å². The topological polar surface area (TPSA) is 49.4 Å². The Hall–Kier alpha value is -2.04. The molecular formula is C28H36Cl2N2O2. The van der Waals surface area contributed by atoms with Gasteiger partial charge in [0.25, 0.3) is 0 Å². The highest BCUT2D eigenvalue weighted by molar-refractivity contribution is 6.36. The Morgan fingerprint density at radius 1 is 0.971 bits per heavy atom. The Kier molecular flexibility index (Phi) is 9.85. The minimum atomic E-state index is -0.620. The van der Waals surface area contributed by atoms with E-state index in [1.165, 1.54) is 12.0 Å². The molecule has 0 spiro atoms. The Morgan fingerprint density at radius 2 is 1.59 bits per heavy atom. The van der Waals surface area contributed by atoms with Crippen molar-refractivity contribution in [1.82, 2.24) is 10.2 Å². The number of nitrogens with one attached hydrogen (secondary N) is 1. The van der Waals surface area contributed by atoms with Gasteiger partial charge in [0.1, 0.15) is 6.04 Å². The van der Waals surface area contributed by atoms with Gasteiger partial charge in [0.15, 0.2) is 0 Å². The van der Waals surface area contributed by atoms with Crippen LogP contribution in [-0.2, 0) is 22.6 Å². The van der Waals surface area contributed by atoms with E-state index in [0.29, 0.717) is 34.4 Å². The van der Waals surface area contributed by atoms with Crippen LogP contribution in [0.2, 0.25) is 10.0 Å². The lowest BCUT2D eigenvalue weighted by Crippen LogP contribution is -2.50. The molecule has 34 heavy (non-hydrogen) atoms. The molecule has 0 saturated heterocycles. The average molecular weight is 504 g/mol. The monoisotopic (exact) mass is 502 g/mol. The number of rotatable bonds is 9. The molecule has 4 nitrogen and oxygen atoms in total. The van der Waals surface area contributed by atoms with Crippen LogP contribution in [0.15, 0.2) is 42.5 Å². The van der Waals surface area contributed by atoms with E-state index >= 15 is 0 Å². The summed E-state index contributed by atoms with van der Waals surface area (Å²) in [7, 11) is 0. The van der Waals surface area contributed by atoms with Crippen LogP contribution in [-0.4, -0.2) is 28.8 Å². The van der Waals surface area contributed by atoms with Gasteiger partial charge in [-0.05, 0) is 55.4 Å². The van der Waals surface area contributed by atoms with Gasteiger partial charge in [-0.3, -0.25) is 9.59 Å². The summed E-state index contributed by atoms with van der Waals surface area (Å²) in [5.41, 5.74) is 3.05. The summed E-state index contributed by atoms with van der Waals surface area (Å²) in [5.74, 6) is 0.259. The lowest BCUT2D eigenvalue weighted by Gasteiger charge is -2.31. The Morgan fingerprint density at radius 3 is 2.18 bits per heavy atom. The van der Waals surface area contributed by atoms with Crippen LogP contribution < -0.4 is 5.32 Å². The van der Waals surface area contributed by atoms with Crippen molar-refractivity contribution in [1.29, 1.82) is 0 Å². The molecule has 0 bridgehead atoms. The molecule has 1 unspecified atom stereocenters. The second-order valence-corrected chi connectivity index (χ2v) is 10.5. The molecule has 0 aliphatic heterocycles. The standard InChI is InChI=1S/C28H36Cl2N2O2/c1-19(2)22-15-12-21(13-16-22)14-17-27(33)32(18-24-25(29)10-7-11-26(24)30)20(3)28(34)31-23-8-5-4-6-9-23/h7,10-13,15-16,19-20,23H,4-6,8-9,14,17-18H2,1-3H3,(H,31,34). The lowest BCUT2D eigenvalue weighted by molar-refractivity contribution is -0.141. The molecule has 1 fully saturated rings. The fraction of sp³-hybridized carbons (Fsp3) is 0.500. The summed E-state index contributed by atoms with van der Waals surface area (Å²) in [6.45, 7) is 6.31. The highest BCUT2D eigenvalue weighted by Crippen LogP contribution is 2.27. The molecule has 1 saturated carbocycles. The van der Waals surface area contributed by atoms with Gasteiger partial charge in [-0.1, -0.05) is 86.6 Å². The maximum absolute atomic E-state index is 13.4. The molecule has 3 rings (SSSR count). The molecule has 2 aromatic carbocycles. The molecule has 1 aliphatic carbocycles. The van der Waals surface area contributed by atoms with Crippen molar-refractivity contribution >= 4 is 35.0 Å². The molecular weight excluding hydrogens is 467 g/mol. The van der Waals surface area contributed by atoms with Gasteiger partial charge in [-0.2, -0.15) is 0 Å². The van der Waals surface area contributed by atoms with E-state index in [1.54, 1.807) is 30.0 Å². The fourth-order valence-corrected chi connectivity index (χ4v) is 4.99. The average Bonchev–Trinajstić information content (AvgIpc) is 2.83. The third kappa shape index (κ3) is 7.23. The zero-order valence-electron chi connectivity index (χ0n) is 20.4. The lowest BCUT2D eigenvalue weighted by atomic mass is 9.95. The van der Waals surface area contributed by atoms with Crippen molar-refractivity contribution in [2.45, 2.75) is 90.3 Å². The molecule has 1 N–H and O–H groups in total. The second kappa shape index (κ2) is 12.6. The van der Waals surface area contributed by atoms with Gasteiger partial charge < -0.3 is 10.2 Å². The first-order valence-corrected chi connectivity index (χ1v) is 13.1. The summed E-state index contributed by atoms with van der Waals surface area (Å²) in [5, 5.41) is 4.15. The number of carbonyl (C=O) groups excluding carboxylic acids is 2. The van der Waals surface area contributed by atoms with E-state index in [9.17, 15) is 9.59 Å². The van der Waals surface area contributed by atoms with Gasteiger partial charge in [0, 0.05) is 34.6 Å². The highest BCUT2D eigenvalue weighted by Gasteiger charge is 2.29. The van der Waals surface area contributed by atoms with E-state index in [1.807, 2.05) is 0 Å². The molecule has 1 aliphatic rings. The number of benzene rings is 2. The highest BCUT2D eigenvalue weighted by atomic mass is 35.5. The Bertz CT molecular complexity index is 949. The van der Waals surface area contributed by atoms with Crippen LogP contribution >= 0.6 is 23.2 Å². The number of halogens is 2. The minimum absolute atomic E-state index is 0.0878. The van der Waals surface area contributed by atoms with Crippen LogP contribution in [0.1, 0.15) is 81.9 Å². The number of amides is 2. The number of hydrogen-bond acceptors (Lipinski definition) is 2. The van der Waals surface area contributed by atoms with Crippen molar-refractivity contribution in [2.75, 3.05) is 0 Å². The van der Waals surface area contributed by atoms with Crippen molar-refractivity contribution in [2.24, 2.45) is 0 Å². The molecule has 184 valence electrons. The van der Waals surface area contributed by atoms with Crippen LogP contribution in [0.3, 0.4) is 0 Å². The zero-order valence-corrected chi connectivity index (χ0v) is 22.0. The normalized spacial score (nSPS) is 15.2. The van der Waals surface area contributed by atoms with E-state index in [2.05, 4.69) is 43.4 Å².